The molecule has 0 atom stereocenters. The summed E-state index contributed by atoms with van der Waals surface area (Å²) in [6, 6.07) is 12.1. The number of rotatable bonds is 5. The molecule has 0 bridgehead atoms. The summed E-state index contributed by atoms with van der Waals surface area (Å²) in [7, 11) is 0. The van der Waals surface area contributed by atoms with Gasteiger partial charge in [-0.05, 0) is 18.2 Å². The van der Waals surface area contributed by atoms with Crippen molar-refractivity contribution < 1.29 is 19.4 Å². The van der Waals surface area contributed by atoms with Crippen LogP contribution in [0.3, 0.4) is 0 Å². The van der Waals surface area contributed by atoms with Gasteiger partial charge in [-0.25, -0.2) is 9.78 Å². The Morgan fingerprint density at radius 2 is 2.00 bits per heavy atom. The van der Waals surface area contributed by atoms with Crippen molar-refractivity contribution in [2.75, 3.05) is 6.61 Å². The SMILES string of the molecule is O=C(O)COc1cccc(Oc2ccccn2)c1. The van der Waals surface area contributed by atoms with E-state index in [1.54, 1.807) is 42.6 Å². The minimum absolute atomic E-state index is 0.382. The Hall–Kier alpha value is -2.56. The fourth-order valence-electron chi connectivity index (χ4n) is 1.30. The molecule has 1 N–H and O–H groups in total. The lowest BCUT2D eigenvalue weighted by Gasteiger charge is -2.07. The van der Waals surface area contributed by atoms with Crippen molar-refractivity contribution in [1.29, 1.82) is 0 Å². The van der Waals surface area contributed by atoms with Gasteiger partial charge in [-0.15, -0.1) is 0 Å². The van der Waals surface area contributed by atoms with Gasteiger partial charge in [0.2, 0.25) is 5.88 Å². The maximum atomic E-state index is 10.4. The molecule has 0 spiro atoms. The molecule has 0 amide bonds. The summed E-state index contributed by atoms with van der Waals surface area (Å²) in [5, 5.41) is 8.51. The Kier molecular flexibility index (Phi) is 3.76. The van der Waals surface area contributed by atoms with Crippen molar-refractivity contribution in [3.8, 4) is 17.4 Å². The normalized spacial score (nSPS) is 9.78. The summed E-state index contributed by atoms with van der Waals surface area (Å²) in [4.78, 5) is 14.4. The van der Waals surface area contributed by atoms with Crippen LogP contribution in [0.15, 0.2) is 48.7 Å². The van der Waals surface area contributed by atoms with E-state index in [4.69, 9.17) is 14.6 Å². The Balaban J connectivity index is 2.05. The second-order valence-corrected chi connectivity index (χ2v) is 3.43. The van der Waals surface area contributed by atoms with Gasteiger partial charge in [0.15, 0.2) is 6.61 Å². The molecule has 0 unspecified atom stereocenters. The summed E-state index contributed by atoms with van der Waals surface area (Å²) in [5.41, 5.74) is 0. The van der Waals surface area contributed by atoms with Gasteiger partial charge >= 0.3 is 5.97 Å². The molecule has 5 nitrogen and oxygen atoms in total. The molecule has 18 heavy (non-hydrogen) atoms. The van der Waals surface area contributed by atoms with Crippen molar-refractivity contribution in [1.82, 2.24) is 4.98 Å². The standard InChI is InChI=1S/C13H11NO4/c15-13(16)9-17-10-4-3-5-11(8-10)18-12-6-1-2-7-14-12/h1-8H,9H2,(H,15,16). The molecule has 0 aliphatic carbocycles. The first kappa shape index (κ1) is 11.9. The molecular formula is C13H11NO4. The molecule has 2 aromatic rings. The van der Waals surface area contributed by atoms with Gasteiger partial charge < -0.3 is 14.6 Å². The molecule has 92 valence electrons. The van der Waals surface area contributed by atoms with E-state index in [0.717, 1.165) is 0 Å². The summed E-state index contributed by atoms with van der Waals surface area (Å²) in [6.45, 7) is -0.382. The molecule has 1 heterocycles. The van der Waals surface area contributed by atoms with Gasteiger partial charge in [-0.2, -0.15) is 0 Å². The Bertz CT molecular complexity index is 528. The minimum Gasteiger partial charge on any atom is -0.482 e. The topological polar surface area (TPSA) is 68.7 Å². The Labute approximate surface area is 104 Å². The lowest BCUT2D eigenvalue weighted by atomic mass is 10.3. The molecule has 0 aliphatic rings. The van der Waals surface area contributed by atoms with Gasteiger partial charge in [0, 0.05) is 18.3 Å². The zero-order chi connectivity index (χ0) is 12.8. The lowest BCUT2D eigenvalue weighted by Crippen LogP contribution is -2.09. The van der Waals surface area contributed by atoms with Crippen molar-refractivity contribution >= 4 is 5.97 Å². The molecule has 1 aromatic carbocycles. The highest BCUT2D eigenvalue weighted by Crippen LogP contribution is 2.23. The lowest BCUT2D eigenvalue weighted by molar-refractivity contribution is -0.139. The number of aromatic nitrogens is 1. The number of hydrogen-bond acceptors (Lipinski definition) is 4. The molecule has 0 aliphatic heterocycles. The van der Waals surface area contributed by atoms with E-state index in [0.29, 0.717) is 17.4 Å². The van der Waals surface area contributed by atoms with E-state index in [9.17, 15) is 4.79 Å². The molecule has 0 saturated heterocycles. The quantitative estimate of drug-likeness (QED) is 0.875. The number of carboxylic acids is 1. The van der Waals surface area contributed by atoms with Crippen LogP contribution in [0.1, 0.15) is 0 Å². The minimum atomic E-state index is -1.02. The summed E-state index contributed by atoms with van der Waals surface area (Å²) in [5.74, 6) is 0.418. The molecule has 0 saturated carbocycles. The maximum absolute atomic E-state index is 10.4. The monoisotopic (exact) mass is 245 g/mol. The number of hydrogen-bond donors (Lipinski definition) is 1. The van der Waals surface area contributed by atoms with Gasteiger partial charge in [0.05, 0.1) is 0 Å². The predicted octanol–water partition coefficient (Wildman–Crippen LogP) is 2.34. The van der Waals surface area contributed by atoms with Gasteiger partial charge in [-0.3, -0.25) is 0 Å². The third-order valence-corrected chi connectivity index (χ3v) is 2.03. The van der Waals surface area contributed by atoms with Crippen LogP contribution in [-0.2, 0) is 4.79 Å². The van der Waals surface area contributed by atoms with E-state index in [1.807, 2.05) is 6.07 Å². The first-order valence-electron chi connectivity index (χ1n) is 5.27. The first-order chi connectivity index (χ1) is 8.74. The third-order valence-electron chi connectivity index (χ3n) is 2.03. The van der Waals surface area contributed by atoms with Crippen LogP contribution < -0.4 is 9.47 Å². The zero-order valence-corrected chi connectivity index (χ0v) is 9.45. The van der Waals surface area contributed by atoms with Crippen LogP contribution in [0.4, 0.5) is 0 Å². The van der Waals surface area contributed by atoms with Gasteiger partial charge in [-0.1, -0.05) is 12.1 Å². The predicted molar refractivity (Wildman–Crippen MR) is 63.9 cm³/mol. The van der Waals surface area contributed by atoms with E-state index in [2.05, 4.69) is 4.98 Å². The Morgan fingerprint density at radius 3 is 2.72 bits per heavy atom. The van der Waals surface area contributed by atoms with E-state index in [1.165, 1.54) is 0 Å². The van der Waals surface area contributed by atoms with Crippen LogP contribution in [0.2, 0.25) is 0 Å². The van der Waals surface area contributed by atoms with Crippen molar-refractivity contribution in [3.05, 3.63) is 48.7 Å². The van der Waals surface area contributed by atoms with Crippen LogP contribution >= 0.6 is 0 Å². The van der Waals surface area contributed by atoms with Crippen LogP contribution in [0, 0.1) is 0 Å². The van der Waals surface area contributed by atoms with E-state index < -0.39 is 5.97 Å². The Morgan fingerprint density at radius 1 is 1.17 bits per heavy atom. The largest absolute Gasteiger partial charge is 0.482 e. The number of benzene rings is 1. The van der Waals surface area contributed by atoms with Crippen molar-refractivity contribution in [2.24, 2.45) is 0 Å². The smallest absolute Gasteiger partial charge is 0.341 e. The molecule has 0 radical (unpaired) electrons. The molecular weight excluding hydrogens is 234 g/mol. The third kappa shape index (κ3) is 3.48. The maximum Gasteiger partial charge on any atom is 0.341 e. The highest BCUT2D eigenvalue weighted by Gasteiger charge is 2.02. The molecule has 0 fully saturated rings. The molecule has 5 heteroatoms. The average Bonchev–Trinajstić information content (AvgIpc) is 2.38. The van der Waals surface area contributed by atoms with E-state index >= 15 is 0 Å². The fraction of sp³-hybridized carbons (Fsp3) is 0.0769. The average molecular weight is 245 g/mol. The van der Waals surface area contributed by atoms with E-state index in [-0.39, 0.29) is 6.61 Å². The molecule has 2 rings (SSSR count). The highest BCUT2D eigenvalue weighted by atomic mass is 16.5. The van der Waals surface area contributed by atoms with Gasteiger partial charge in [0.1, 0.15) is 11.5 Å². The second-order valence-electron chi connectivity index (χ2n) is 3.43. The van der Waals surface area contributed by atoms with Gasteiger partial charge in [0.25, 0.3) is 0 Å². The van der Waals surface area contributed by atoms with Crippen LogP contribution in [-0.4, -0.2) is 22.7 Å². The zero-order valence-electron chi connectivity index (χ0n) is 9.45. The summed E-state index contributed by atoms with van der Waals surface area (Å²) in [6.07, 6.45) is 1.63. The number of nitrogens with zero attached hydrogens (tertiary/aromatic N) is 1. The number of ether oxygens (including phenoxy) is 2. The van der Waals surface area contributed by atoms with Crippen molar-refractivity contribution in [3.63, 3.8) is 0 Å². The summed E-state index contributed by atoms with van der Waals surface area (Å²) >= 11 is 0. The summed E-state index contributed by atoms with van der Waals surface area (Å²) < 4.78 is 10.5. The van der Waals surface area contributed by atoms with Crippen molar-refractivity contribution in [2.45, 2.75) is 0 Å². The molecule has 1 aromatic heterocycles. The van der Waals surface area contributed by atoms with Crippen LogP contribution in [0.25, 0.3) is 0 Å². The van der Waals surface area contributed by atoms with Crippen LogP contribution in [0.5, 0.6) is 17.4 Å². The first-order valence-corrected chi connectivity index (χ1v) is 5.27. The number of pyridine rings is 1. The number of aliphatic carboxylic acids is 1. The number of carbonyl (C=O) groups is 1. The fourth-order valence-corrected chi connectivity index (χ4v) is 1.30. The number of carboxylic acid groups (broad SMARTS) is 1. The highest BCUT2D eigenvalue weighted by molar-refractivity contribution is 5.68. The second kappa shape index (κ2) is 5.67.